The third-order valence-corrected chi connectivity index (χ3v) is 3.99. The molecule has 1 aromatic carbocycles. The molecule has 0 amide bonds. The number of hydrogen-bond donors (Lipinski definition) is 1. The molecule has 3 aromatic rings. The summed E-state index contributed by atoms with van der Waals surface area (Å²) in [5.41, 5.74) is 2.97. The topological polar surface area (TPSA) is 42.2 Å². The second-order valence-electron chi connectivity index (χ2n) is 5.99. The number of hydrogen-bond acceptors (Lipinski definition) is 3. The highest BCUT2D eigenvalue weighted by Gasteiger charge is 2.13. The van der Waals surface area contributed by atoms with Gasteiger partial charge in [-0.2, -0.15) is 0 Å². The largest absolute Gasteiger partial charge is 0.367 e. The summed E-state index contributed by atoms with van der Waals surface area (Å²) in [7, 11) is 0. The molecule has 0 spiro atoms. The van der Waals surface area contributed by atoms with Crippen LogP contribution in [0.4, 0.5) is 10.2 Å². The number of aromatic nitrogens is 3. The summed E-state index contributed by atoms with van der Waals surface area (Å²) in [6.45, 7) is 6.82. The van der Waals surface area contributed by atoms with Crippen LogP contribution in [0.1, 0.15) is 19.4 Å². The van der Waals surface area contributed by atoms with E-state index in [2.05, 4.69) is 45.1 Å². The third-order valence-electron chi connectivity index (χ3n) is 3.61. The molecule has 0 radical (unpaired) electrons. The van der Waals surface area contributed by atoms with Gasteiger partial charge in [-0.1, -0.05) is 26.0 Å². The first-order valence-corrected chi connectivity index (χ1v) is 8.29. The van der Waals surface area contributed by atoms with Crippen molar-refractivity contribution in [2.75, 3.05) is 11.9 Å². The van der Waals surface area contributed by atoms with Gasteiger partial charge in [0.05, 0.1) is 11.9 Å². The lowest BCUT2D eigenvalue weighted by Gasteiger charge is -2.10. The molecular weight excluding hydrogens is 359 g/mol. The van der Waals surface area contributed by atoms with Crippen molar-refractivity contribution in [3.8, 4) is 11.3 Å². The Morgan fingerprint density at radius 2 is 2.13 bits per heavy atom. The summed E-state index contributed by atoms with van der Waals surface area (Å²) in [4.78, 5) is 8.92. The molecule has 120 valence electrons. The highest BCUT2D eigenvalue weighted by molar-refractivity contribution is 9.10. The summed E-state index contributed by atoms with van der Waals surface area (Å²) in [5.74, 6) is 0.993. The van der Waals surface area contributed by atoms with Crippen LogP contribution in [0, 0.1) is 18.7 Å². The third kappa shape index (κ3) is 3.22. The molecule has 4 nitrogen and oxygen atoms in total. The van der Waals surface area contributed by atoms with Crippen LogP contribution in [-0.4, -0.2) is 20.9 Å². The molecule has 0 saturated carbocycles. The molecule has 0 aliphatic heterocycles. The lowest BCUT2D eigenvalue weighted by Crippen LogP contribution is -2.10. The number of nitrogens with one attached hydrogen (secondary N) is 1. The number of halogens is 2. The van der Waals surface area contributed by atoms with Crippen molar-refractivity contribution >= 4 is 27.4 Å². The fraction of sp³-hybridized carbons (Fsp3) is 0.294. The Morgan fingerprint density at radius 3 is 2.83 bits per heavy atom. The van der Waals surface area contributed by atoms with Crippen LogP contribution in [0.15, 0.2) is 35.2 Å². The van der Waals surface area contributed by atoms with Crippen molar-refractivity contribution in [1.82, 2.24) is 14.4 Å². The SMILES string of the molecule is Cc1ccc(-c2cnc3c(NCC(C)C)nc(Br)cn23)cc1F. The lowest BCUT2D eigenvalue weighted by atomic mass is 10.1. The van der Waals surface area contributed by atoms with Gasteiger partial charge in [-0.15, -0.1) is 0 Å². The van der Waals surface area contributed by atoms with Gasteiger partial charge in [-0.3, -0.25) is 4.40 Å². The van der Waals surface area contributed by atoms with Crippen molar-refractivity contribution in [3.63, 3.8) is 0 Å². The summed E-state index contributed by atoms with van der Waals surface area (Å²) >= 11 is 3.43. The van der Waals surface area contributed by atoms with E-state index < -0.39 is 0 Å². The van der Waals surface area contributed by atoms with Crippen LogP contribution < -0.4 is 5.32 Å². The monoisotopic (exact) mass is 376 g/mol. The first-order chi connectivity index (χ1) is 11.0. The van der Waals surface area contributed by atoms with Crippen molar-refractivity contribution in [1.29, 1.82) is 0 Å². The fourth-order valence-electron chi connectivity index (χ4n) is 2.34. The number of fused-ring (bicyclic) bond motifs is 1. The number of anilines is 1. The molecular formula is C17H18BrFN4. The van der Waals surface area contributed by atoms with E-state index in [1.807, 2.05) is 16.7 Å². The van der Waals surface area contributed by atoms with E-state index in [9.17, 15) is 4.39 Å². The van der Waals surface area contributed by atoms with Gasteiger partial charge in [0.25, 0.3) is 0 Å². The smallest absolute Gasteiger partial charge is 0.180 e. The predicted octanol–water partition coefficient (Wildman–Crippen LogP) is 4.67. The number of rotatable bonds is 4. The summed E-state index contributed by atoms with van der Waals surface area (Å²) < 4.78 is 16.5. The van der Waals surface area contributed by atoms with E-state index in [1.54, 1.807) is 19.2 Å². The highest BCUT2D eigenvalue weighted by atomic mass is 79.9. The molecule has 0 saturated heterocycles. The fourth-order valence-corrected chi connectivity index (χ4v) is 2.73. The summed E-state index contributed by atoms with van der Waals surface area (Å²) in [6.07, 6.45) is 3.59. The van der Waals surface area contributed by atoms with E-state index in [0.29, 0.717) is 21.9 Å². The minimum Gasteiger partial charge on any atom is -0.367 e. The first-order valence-electron chi connectivity index (χ1n) is 7.49. The van der Waals surface area contributed by atoms with Gasteiger partial charge in [0.15, 0.2) is 11.5 Å². The molecule has 0 aliphatic rings. The predicted molar refractivity (Wildman–Crippen MR) is 94.1 cm³/mol. The Morgan fingerprint density at radius 1 is 1.35 bits per heavy atom. The van der Waals surface area contributed by atoms with Crippen LogP contribution in [-0.2, 0) is 0 Å². The second kappa shape index (κ2) is 6.28. The van der Waals surface area contributed by atoms with E-state index in [0.717, 1.165) is 23.4 Å². The summed E-state index contributed by atoms with van der Waals surface area (Å²) in [5, 5.41) is 3.31. The number of aryl methyl sites for hydroxylation is 1. The van der Waals surface area contributed by atoms with Gasteiger partial charge >= 0.3 is 0 Å². The Balaban J connectivity index is 2.11. The van der Waals surface area contributed by atoms with Crippen LogP contribution >= 0.6 is 15.9 Å². The first kappa shape index (κ1) is 15.9. The van der Waals surface area contributed by atoms with E-state index in [4.69, 9.17) is 0 Å². The van der Waals surface area contributed by atoms with Gasteiger partial charge in [-0.05, 0) is 40.4 Å². The zero-order valence-corrected chi connectivity index (χ0v) is 14.9. The average molecular weight is 377 g/mol. The molecule has 0 bridgehead atoms. The zero-order chi connectivity index (χ0) is 16.6. The summed E-state index contributed by atoms with van der Waals surface area (Å²) in [6, 6.07) is 5.21. The quantitative estimate of drug-likeness (QED) is 0.718. The van der Waals surface area contributed by atoms with Gasteiger partial charge in [0.1, 0.15) is 10.4 Å². The molecule has 3 rings (SSSR count). The molecule has 0 aliphatic carbocycles. The maximum Gasteiger partial charge on any atom is 0.180 e. The Labute approximate surface area is 142 Å². The standard InChI is InChI=1S/C17H18BrFN4/c1-10(2)7-20-16-17-21-8-14(23(17)9-15(18)22-16)12-5-4-11(3)13(19)6-12/h4-6,8-10H,7H2,1-3H3,(H,20,22). The average Bonchev–Trinajstić information content (AvgIpc) is 2.91. The Kier molecular flexibility index (Phi) is 4.35. The van der Waals surface area contributed by atoms with Crippen LogP contribution in [0.25, 0.3) is 16.9 Å². The lowest BCUT2D eigenvalue weighted by molar-refractivity contribution is 0.619. The molecule has 1 N–H and O–H groups in total. The van der Waals surface area contributed by atoms with Crippen LogP contribution in [0.3, 0.4) is 0 Å². The maximum absolute atomic E-state index is 13.9. The molecule has 2 heterocycles. The van der Waals surface area contributed by atoms with E-state index in [1.165, 1.54) is 6.07 Å². The zero-order valence-electron chi connectivity index (χ0n) is 13.3. The molecule has 6 heteroatoms. The normalized spacial score (nSPS) is 11.4. The number of nitrogens with zero attached hydrogens (tertiary/aromatic N) is 3. The number of benzene rings is 1. The Hall–Kier alpha value is -1.95. The minimum atomic E-state index is -0.219. The van der Waals surface area contributed by atoms with Crippen molar-refractivity contribution < 1.29 is 4.39 Å². The Bertz CT molecular complexity index is 857. The molecule has 0 atom stereocenters. The van der Waals surface area contributed by atoms with E-state index >= 15 is 0 Å². The number of imidazole rings is 1. The highest BCUT2D eigenvalue weighted by Crippen LogP contribution is 2.27. The van der Waals surface area contributed by atoms with Crippen molar-refractivity contribution in [2.24, 2.45) is 5.92 Å². The van der Waals surface area contributed by atoms with Gasteiger partial charge in [0.2, 0.25) is 0 Å². The van der Waals surface area contributed by atoms with Crippen LogP contribution in [0.2, 0.25) is 0 Å². The molecule has 0 unspecified atom stereocenters. The second-order valence-corrected chi connectivity index (χ2v) is 6.80. The minimum absolute atomic E-state index is 0.219. The molecule has 23 heavy (non-hydrogen) atoms. The van der Waals surface area contributed by atoms with Gasteiger partial charge < -0.3 is 5.32 Å². The van der Waals surface area contributed by atoms with Gasteiger partial charge in [-0.25, -0.2) is 14.4 Å². The molecule has 2 aromatic heterocycles. The maximum atomic E-state index is 13.9. The van der Waals surface area contributed by atoms with Crippen molar-refractivity contribution in [2.45, 2.75) is 20.8 Å². The van der Waals surface area contributed by atoms with Gasteiger partial charge in [0, 0.05) is 18.3 Å². The van der Waals surface area contributed by atoms with E-state index in [-0.39, 0.29) is 5.82 Å². The van der Waals surface area contributed by atoms with Crippen molar-refractivity contribution in [3.05, 3.63) is 46.6 Å². The van der Waals surface area contributed by atoms with Crippen LogP contribution in [0.5, 0.6) is 0 Å². The molecule has 0 fully saturated rings.